The maximum atomic E-state index is 14.1. The van der Waals surface area contributed by atoms with E-state index in [0.717, 1.165) is 27.4 Å². The van der Waals surface area contributed by atoms with E-state index < -0.39 is 43.4 Å². The van der Waals surface area contributed by atoms with Gasteiger partial charge in [-0.3, -0.25) is 9.40 Å². The van der Waals surface area contributed by atoms with E-state index in [2.05, 4.69) is 14.8 Å². The summed E-state index contributed by atoms with van der Waals surface area (Å²) in [5.74, 6) is -1.44. The molecule has 3 aromatic carbocycles. The van der Waals surface area contributed by atoms with Gasteiger partial charge in [0.15, 0.2) is 5.65 Å². The molecule has 0 saturated carbocycles. The summed E-state index contributed by atoms with van der Waals surface area (Å²) in [4.78, 5) is 19.0. The molecule has 0 atom stereocenters. The number of hydrogen-bond donors (Lipinski definition) is 1. The number of ether oxygens (including phenoxy) is 1. The summed E-state index contributed by atoms with van der Waals surface area (Å²) in [6, 6.07) is 18.4. The fourth-order valence-corrected chi connectivity index (χ4v) is 8.52. The largest absolute Gasteiger partial charge is 0.444 e. The van der Waals surface area contributed by atoms with Gasteiger partial charge in [0.1, 0.15) is 17.2 Å². The number of halogens is 2. The molecule has 0 aliphatic carbocycles. The summed E-state index contributed by atoms with van der Waals surface area (Å²) in [5.41, 5.74) is 4.47. The molecule has 0 saturated heterocycles. The number of carbonyl (C=O) groups is 1. The van der Waals surface area contributed by atoms with Gasteiger partial charge in [0.2, 0.25) is 10.0 Å². The number of fused-ring (bicyclic) bond motifs is 1. The van der Waals surface area contributed by atoms with Crippen LogP contribution in [0.1, 0.15) is 43.9 Å². The molecule has 0 radical (unpaired) electrons. The van der Waals surface area contributed by atoms with E-state index in [1.54, 1.807) is 68.3 Å². The summed E-state index contributed by atoms with van der Waals surface area (Å²) in [7, 11) is -7.87. The molecule has 3 aromatic heterocycles. The van der Waals surface area contributed by atoms with Crippen molar-refractivity contribution in [2.75, 3.05) is 24.1 Å². The summed E-state index contributed by atoms with van der Waals surface area (Å²) in [6.45, 7) is 7.96. The molecule has 1 N–H and O–H groups in total. The lowest BCUT2D eigenvalue weighted by molar-refractivity contribution is 0.0270. The van der Waals surface area contributed by atoms with E-state index in [1.807, 2.05) is 19.1 Å². The second-order valence-electron chi connectivity index (χ2n) is 15.0. The van der Waals surface area contributed by atoms with Crippen molar-refractivity contribution in [1.29, 1.82) is 0 Å². The average Bonchev–Trinajstić information content (AvgIpc) is 3.75. The fourth-order valence-electron chi connectivity index (χ4n) is 6.63. The lowest BCUT2D eigenvalue weighted by Crippen LogP contribution is -2.39. The van der Waals surface area contributed by atoms with Gasteiger partial charge in [-0.1, -0.05) is 35.9 Å². The first-order valence-electron chi connectivity index (χ1n) is 17.9. The van der Waals surface area contributed by atoms with E-state index in [9.17, 15) is 30.4 Å². The maximum absolute atomic E-state index is 14.1. The molecule has 0 bridgehead atoms. The van der Waals surface area contributed by atoms with Crippen molar-refractivity contribution in [2.45, 2.75) is 51.2 Å². The Hall–Kier alpha value is -5.87. The van der Waals surface area contributed by atoms with Gasteiger partial charge in [-0.15, -0.1) is 0 Å². The van der Waals surface area contributed by atoms with Crippen LogP contribution in [0, 0.1) is 18.6 Å². The monoisotopic (exact) mass is 814 g/mol. The number of pyridine rings is 1. The number of hydrogen-bond acceptors (Lipinski definition) is 8. The van der Waals surface area contributed by atoms with E-state index in [1.165, 1.54) is 41.3 Å². The molecule has 7 rings (SSSR count). The van der Waals surface area contributed by atoms with Crippen LogP contribution in [0.25, 0.3) is 39.0 Å². The Morgan fingerprint density at radius 1 is 0.912 bits per heavy atom. The molecule has 1 aliphatic heterocycles. The molecule has 57 heavy (non-hydrogen) atoms. The SMILES string of the molecule is Cc1ccc(S(=O)(=O)n2cc(-c3ccn(Cc4cc(F)cc(F)c4)n3)c3cc(-c4ccc(C5=CCN(C(=O)OC(C)(C)C)CC5)c(NS(C)(=O)=O)c4)cnc32)cc1. The third-order valence-corrected chi connectivity index (χ3v) is 11.5. The smallest absolute Gasteiger partial charge is 0.410 e. The number of carbonyl (C=O) groups excluding carboxylic acids is 1. The van der Waals surface area contributed by atoms with Gasteiger partial charge >= 0.3 is 6.09 Å². The standard InChI is InChI=1S/C41H40F2N6O6S2/c1-26-6-9-33(10-7-26)57(53,54)49-25-36(37-14-17-48(45-37)24-27-18-31(42)22-32(43)19-27)35-20-30(23-44-39(35)49)29-8-11-34(38(21-29)46-56(5,51)52)28-12-15-47(16-13-28)40(50)55-41(2,3)4/h6-12,14,17-23,25,46H,13,15-16,24H2,1-5H3. The van der Waals surface area contributed by atoms with Crippen LogP contribution >= 0.6 is 0 Å². The third kappa shape index (κ3) is 8.76. The average molecular weight is 815 g/mol. The van der Waals surface area contributed by atoms with E-state index in [4.69, 9.17) is 4.74 Å². The van der Waals surface area contributed by atoms with Crippen molar-refractivity contribution in [3.8, 4) is 22.4 Å². The van der Waals surface area contributed by atoms with Crippen molar-refractivity contribution in [3.63, 3.8) is 0 Å². The van der Waals surface area contributed by atoms with Gasteiger partial charge < -0.3 is 9.64 Å². The van der Waals surface area contributed by atoms with Crippen molar-refractivity contribution in [2.24, 2.45) is 0 Å². The van der Waals surface area contributed by atoms with Crippen LogP contribution in [0.5, 0.6) is 0 Å². The molecular formula is C41H40F2N6O6S2. The minimum absolute atomic E-state index is 0.0520. The predicted octanol–water partition coefficient (Wildman–Crippen LogP) is 7.83. The van der Waals surface area contributed by atoms with Crippen LogP contribution < -0.4 is 4.72 Å². The van der Waals surface area contributed by atoms with Crippen LogP contribution in [0.3, 0.4) is 0 Å². The van der Waals surface area contributed by atoms with Crippen molar-refractivity contribution < 1.29 is 35.1 Å². The van der Waals surface area contributed by atoms with E-state index in [-0.39, 0.29) is 23.6 Å². The Labute approximate surface area is 329 Å². The number of nitrogens with one attached hydrogen (secondary N) is 1. The van der Waals surface area contributed by atoms with Gasteiger partial charge in [0.05, 0.1) is 29.1 Å². The second-order valence-corrected chi connectivity index (χ2v) is 18.5. The van der Waals surface area contributed by atoms with Gasteiger partial charge in [-0.2, -0.15) is 5.10 Å². The van der Waals surface area contributed by atoms with Crippen LogP contribution in [-0.4, -0.2) is 71.5 Å². The molecule has 6 aromatic rings. The van der Waals surface area contributed by atoms with Crippen molar-refractivity contribution in [1.82, 2.24) is 23.6 Å². The number of aryl methyl sites for hydroxylation is 1. The molecule has 0 spiro atoms. The number of anilines is 1. The zero-order chi connectivity index (χ0) is 40.9. The minimum Gasteiger partial charge on any atom is -0.444 e. The Kier molecular flexibility index (Phi) is 10.3. The molecule has 0 fully saturated rings. The zero-order valence-corrected chi connectivity index (χ0v) is 33.5. The minimum atomic E-state index is -4.14. The maximum Gasteiger partial charge on any atom is 0.410 e. The predicted molar refractivity (Wildman–Crippen MR) is 214 cm³/mol. The topological polar surface area (TPSA) is 145 Å². The lowest BCUT2D eigenvalue weighted by Gasteiger charge is -2.30. The Balaban J connectivity index is 1.30. The quantitative estimate of drug-likeness (QED) is 0.156. The number of aromatic nitrogens is 4. The van der Waals surface area contributed by atoms with Gasteiger partial charge in [-0.05, 0) is 93.3 Å². The first-order valence-corrected chi connectivity index (χ1v) is 21.3. The molecular weight excluding hydrogens is 775 g/mol. The summed E-state index contributed by atoms with van der Waals surface area (Å²) in [6.07, 6.45) is 7.54. The normalized spacial score (nSPS) is 13.8. The molecule has 296 valence electrons. The molecule has 12 nitrogen and oxygen atoms in total. The number of rotatable bonds is 9. The summed E-state index contributed by atoms with van der Waals surface area (Å²) in [5, 5.41) is 5.07. The number of benzene rings is 3. The third-order valence-electron chi connectivity index (χ3n) is 9.23. The Morgan fingerprint density at radius 2 is 1.63 bits per heavy atom. The van der Waals surface area contributed by atoms with Crippen LogP contribution in [0.15, 0.2) is 102 Å². The molecule has 4 heterocycles. The first-order chi connectivity index (χ1) is 26.8. The number of amides is 1. The molecule has 1 aliphatic rings. The summed E-state index contributed by atoms with van der Waals surface area (Å²) < 4.78 is 92.0. The zero-order valence-electron chi connectivity index (χ0n) is 31.8. The Bertz CT molecular complexity index is 2770. The van der Waals surface area contributed by atoms with Crippen LogP contribution in [0.4, 0.5) is 19.3 Å². The highest BCUT2D eigenvalue weighted by atomic mass is 32.2. The van der Waals surface area contributed by atoms with Gasteiger partial charge in [-0.25, -0.2) is 39.4 Å². The number of nitrogens with zero attached hydrogens (tertiary/aromatic N) is 5. The highest BCUT2D eigenvalue weighted by Crippen LogP contribution is 2.37. The van der Waals surface area contributed by atoms with Crippen LogP contribution in [0.2, 0.25) is 0 Å². The van der Waals surface area contributed by atoms with Gasteiger partial charge in [0.25, 0.3) is 10.0 Å². The fraction of sp³-hybridized carbons (Fsp3) is 0.244. The van der Waals surface area contributed by atoms with Gasteiger partial charge in [0, 0.05) is 59.8 Å². The lowest BCUT2D eigenvalue weighted by atomic mass is 9.95. The Morgan fingerprint density at radius 3 is 2.28 bits per heavy atom. The van der Waals surface area contributed by atoms with Crippen molar-refractivity contribution in [3.05, 3.63) is 126 Å². The van der Waals surface area contributed by atoms with Crippen LogP contribution in [-0.2, 0) is 31.3 Å². The van der Waals surface area contributed by atoms with E-state index in [0.29, 0.717) is 57.6 Å². The first kappa shape index (κ1) is 39.4. The highest BCUT2D eigenvalue weighted by Gasteiger charge is 2.27. The second kappa shape index (κ2) is 14.9. The highest BCUT2D eigenvalue weighted by molar-refractivity contribution is 7.92. The number of sulfonamides is 1. The summed E-state index contributed by atoms with van der Waals surface area (Å²) >= 11 is 0. The molecule has 1 amide bonds. The molecule has 16 heteroatoms. The van der Waals surface area contributed by atoms with E-state index >= 15 is 0 Å². The van der Waals surface area contributed by atoms with Crippen molar-refractivity contribution >= 4 is 48.4 Å². The molecule has 0 unspecified atom stereocenters.